The number of benzene rings is 2. The van der Waals surface area contributed by atoms with Crippen LogP contribution in [0.15, 0.2) is 53.4 Å². The smallest absolute Gasteiger partial charge is 0.245 e. The lowest BCUT2D eigenvalue weighted by Crippen LogP contribution is -2.41. The molecule has 2 aromatic carbocycles. The quantitative estimate of drug-likeness (QED) is 0.849. The summed E-state index contributed by atoms with van der Waals surface area (Å²) in [6.07, 6.45) is 0.769. The number of hydrogen-bond donors (Lipinski definition) is 1. The molecule has 1 heterocycles. The maximum Gasteiger partial charge on any atom is 0.245 e. The molecule has 1 N–H and O–H groups in total. The molecular formula is C19H21FN2O4S. The van der Waals surface area contributed by atoms with Crippen molar-refractivity contribution in [2.45, 2.75) is 17.7 Å². The van der Waals surface area contributed by atoms with Gasteiger partial charge in [0.25, 0.3) is 0 Å². The van der Waals surface area contributed by atoms with Gasteiger partial charge in [-0.2, -0.15) is 4.31 Å². The molecule has 0 radical (unpaired) electrons. The molecule has 0 saturated carbocycles. The van der Waals surface area contributed by atoms with Crippen LogP contribution in [0.2, 0.25) is 0 Å². The van der Waals surface area contributed by atoms with Crippen molar-refractivity contribution in [1.29, 1.82) is 0 Å². The number of halogens is 1. The minimum absolute atomic E-state index is 0.150. The second-order valence-electron chi connectivity index (χ2n) is 6.33. The van der Waals surface area contributed by atoms with Gasteiger partial charge < -0.3 is 10.1 Å². The topological polar surface area (TPSA) is 75.7 Å². The van der Waals surface area contributed by atoms with Crippen molar-refractivity contribution in [2.75, 3.05) is 25.5 Å². The third kappa shape index (κ3) is 4.28. The lowest BCUT2D eigenvalue weighted by atomic mass is 9.97. The van der Waals surface area contributed by atoms with E-state index in [-0.39, 0.29) is 29.8 Å². The van der Waals surface area contributed by atoms with Crippen LogP contribution in [0, 0.1) is 11.7 Å². The van der Waals surface area contributed by atoms with Crippen molar-refractivity contribution in [3.05, 3.63) is 54.3 Å². The summed E-state index contributed by atoms with van der Waals surface area (Å²) in [4.78, 5) is 12.1. The molecule has 1 aliphatic rings. The molecule has 2 aromatic rings. The van der Waals surface area contributed by atoms with Crippen molar-refractivity contribution < 1.29 is 22.3 Å². The molecule has 1 fully saturated rings. The number of nitrogens with one attached hydrogen (secondary N) is 1. The van der Waals surface area contributed by atoms with Crippen LogP contribution in [0.1, 0.15) is 12.8 Å². The number of carbonyl (C=O) groups excluding carboxylic acids is 1. The number of anilines is 1. The van der Waals surface area contributed by atoms with E-state index < -0.39 is 15.8 Å². The number of methoxy groups -OCH3 is 1. The fourth-order valence-corrected chi connectivity index (χ4v) is 4.60. The Labute approximate surface area is 158 Å². The Balaban J connectivity index is 1.61. The molecule has 144 valence electrons. The van der Waals surface area contributed by atoms with E-state index in [1.807, 2.05) is 0 Å². The summed E-state index contributed by atoms with van der Waals surface area (Å²) in [5.41, 5.74) is 0.655. The van der Waals surface area contributed by atoms with Gasteiger partial charge in [-0.1, -0.05) is 12.1 Å². The van der Waals surface area contributed by atoms with E-state index >= 15 is 0 Å². The maximum absolute atomic E-state index is 13.9. The van der Waals surface area contributed by atoms with Gasteiger partial charge in [0.05, 0.1) is 7.11 Å². The average Bonchev–Trinajstić information content (AvgIpc) is 2.69. The van der Waals surface area contributed by atoms with Gasteiger partial charge >= 0.3 is 0 Å². The standard InChI is InChI=1S/C19H21FN2O4S/c1-26-16-8-6-15(7-9-16)21-19(23)14-10-12-22(13-11-14)27(24,25)18-5-3-2-4-17(18)20/h2-9,14H,10-13H2,1H3,(H,21,23). The molecule has 0 aliphatic carbocycles. The predicted molar refractivity (Wildman–Crippen MR) is 99.5 cm³/mol. The van der Waals surface area contributed by atoms with Crippen LogP contribution in [0.5, 0.6) is 5.75 Å². The zero-order valence-electron chi connectivity index (χ0n) is 14.9. The normalized spacial score (nSPS) is 16.1. The number of rotatable bonds is 5. The van der Waals surface area contributed by atoms with Gasteiger partial charge in [-0.05, 0) is 49.2 Å². The molecular weight excluding hydrogens is 371 g/mol. The molecule has 0 atom stereocenters. The largest absolute Gasteiger partial charge is 0.497 e. The second kappa shape index (κ2) is 8.06. The zero-order valence-corrected chi connectivity index (χ0v) is 15.7. The first-order chi connectivity index (χ1) is 12.9. The van der Waals surface area contributed by atoms with Crippen LogP contribution in [-0.4, -0.2) is 38.8 Å². The Hall–Kier alpha value is -2.45. The highest BCUT2D eigenvalue weighted by molar-refractivity contribution is 7.89. The number of amides is 1. The van der Waals surface area contributed by atoms with E-state index in [1.165, 1.54) is 22.5 Å². The molecule has 0 aromatic heterocycles. The minimum atomic E-state index is -3.90. The maximum atomic E-state index is 13.9. The van der Waals surface area contributed by atoms with Crippen molar-refractivity contribution in [3.63, 3.8) is 0 Å². The Morgan fingerprint density at radius 1 is 1.11 bits per heavy atom. The number of piperidine rings is 1. The van der Waals surface area contributed by atoms with Crippen molar-refractivity contribution in [1.82, 2.24) is 4.31 Å². The Kier molecular flexibility index (Phi) is 5.76. The van der Waals surface area contributed by atoms with Crippen molar-refractivity contribution >= 4 is 21.6 Å². The number of nitrogens with zero attached hydrogens (tertiary/aromatic N) is 1. The lowest BCUT2D eigenvalue weighted by Gasteiger charge is -2.30. The number of sulfonamides is 1. The molecule has 0 unspecified atom stereocenters. The molecule has 6 nitrogen and oxygen atoms in total. The van der Waals surface area contributed by atoms with E-state index in [1.54, 1.807) is 31.4 Å². The van der Waals surface area contributed by atoms with E-state index in [2.05, 4.69) is 5.32 Å². The summed E-state index contributed by atoms with van der Waals surface area (Å²) in [7, 11) is -2.33. The van der Waals surface area contributed by atoms with E-state index in [9.17, 15) is 17.6 Å². The van der Waals surface area contributed by atoms with E-state index in [0.717, 1.165) is 6.07 Å². The summed E-state index contributed by atoms with van der Waals surface area (Å²) < 4.78 is 45.4. The van der Waals surface area contributed by atoms with Crippen LogP contribution in [0.3, 0.4) is 0 Å². The van der Waals surface area contributed by atoms with Gasteiger partial charge in [0.15, 0.2) is 0 Å². The third-order valence-electron chi connectivity index (χ3n) is 4.64. The Bertz CT molecular complexity index is 908. The summed E-state index contributed by atoms with van der Waals surface area (Å²) in [5.74, 6) is -0.515. The highest BCUT2D eigenvalue weighted by Gasteiger charge is 2.33. The Morgan fingerprint density at radius 3 is 2.33 bits per heavy atom. The molecule has 0 spiro atoms. The van der Waals surface area contributed by atoms with Crippen molar-refractivity contribution in [2.24, 2.45) is 5.92 Å². The van der Waals surface area contributed by atoms with Crippen LogP contribution in [0.25, 0.3) is 0 Å². The number of ether oxygens (including phenoxy) is 1. The molecule has 0 bridgehead atoms. The Morgan fingerprint density at radius 2 is 1.74 bits per heavy atom. The van der Waals surface area contributed by atoms with Gasteiger partial charge in [0, 0.05) is 24.7 Å². The first-order valence-electron chi connectivity index (χ1n) is 8.61. The first kappa shape index (κ1) is 19.3. The number of hydrogen-bond acceptors (Lipinski definition) is 4. The third-order valence-corrected chi connectivity index (χ3v) is 6.57. The van der Waals surface area contributed by atoms with Gasteiger partial charge in [-0.25, -0.2) is 12.8 Å². The average molecular weight is 392 g/mol. The summed E-state index contributed by atoms with van der Waals surface area (Å²) in [6, 6.07) is 12.3. The van der Waals surface area contributed by atoms with Crippen LogP contribution < -0.4 is 10.1 Å². The summed E-state index contributed by atoms with van der Waals surface area (Å²) >= 11 is 0. The van der Waals surface area contributed by atoms with E-state index in [4.69, 9.17) is 4.74 Å². The summed E-state index contributed by atoms with van der Waals surface area (Å²) in [6.45, 7) is 0.356. The first-order valence-corrected chi connectivity index (χ1v) is 10.1. The fourth-order valence-electron chi connectivity index (χ4n) is 3.07. The number of carbonyl (C=O) groups is 1. The highest BCUT2D eigenvalue weighted by atomic mass is 32.2. The second-order valence-corrected chi connectivity index (χ2v) is 8.23. The van der Waals surface area contributed by atoms with Crippen molar-refractivity contribution in [3.8, 4) is 5.75 Å². The molecule has 1 saturated heterocycles. The van der Waals surface area contributed by atoms with Gasteiger partial charge in [-0.3, -0.25) is 4.79 Å². The molecule has 1 amide bonds. The molecule has 8 heteroatoms. The SMILES string of the molecule is COc1ccc(NC(=O)C2CCN(S(=O)(=O)c3ccccc3F)CC2)cc1. The van der Waals surface area contributed by atoms with Gasteiger partial charge in [0.2, 0.25) is 15.9 Å². The van der Waals surface area contributed by atoms with Crippen LogP contribution in [0.4, 0.5) is 10.1 Å². The monoisotopic (exact) mass is 392 g/mol. The molecule has 3 rings (SSSR count). The molecule has 27 heavy (non-hydrogen) atoms. The van der Waals surface area contributed by atoms with Gasteiger partial charge in [-0.15, -0.1) is 0 Å². The van der Waals surface area contributed by atoms with Gasteiger partial charge in [0.1, 0.15) is 16.5 Å². The van der Waals surface area contributed by atoms with E-state index in [0.29, 0.717) is 24.3 Å². The highest BCUT2D eigenvalue weighted by Crippen LogP contribution is 2.26. The van der Waals surface area contributed by atoms with Crippen LogP contribution in [-0.2, 0) is 14.8 Å². The minimum Gasteiger partial charge on any atom is -0.497 e. The zero-order chi connectivity index (χ0) is 19.4. The fraction of sp³-hybridized carbons (Fsp3) is 0.316. The lowest BCUT2D eigenvalue weighted by molar-refractivity contribution is -0.120. The summed E-state index contributed by atoms with van der Waals surface area (Å²) in [5, 5.41) is 2.83. The predicted octanol–water partition coefficient (Wildman–Crippen LogP) is 2.87. The molecule has 1 aliphatic heterocycles. The van der Waals surface area contributed by atoms with Crippen LogP contribution >= 0.6 is 0 Å².